The van der Waals surface area contributed by atoms with Gasteiger partial charge in [0.1, 0.15) is 5.82 Å². The van der Waals surface area contributed by atoms with Crippen LogP contribution in [0.4, 0.5) is 14.6 Å². The zero-order chi connectivity index (χ0) is 20.7. The second kappa shape index (κ2) is 9.71. The monoisotopic (exact) mass is 404 g/mol. The molecule has 0 radical (unpaired) electrons. The highest BCUT2D eigenvalue weighted by molar-refractivity contribution is 5.67. The minimum Gasteiger partial charge on any atom is -0.481 e. The van der Waals surface area contributed by atoms with Crippen LogP contribution in [0.15, 0.2) is 30.7 Å². The zero-order valence-electron chi connectivity index (χ0n) is 16.3. The first-order valence-electron chi connectivity index (χ1n) is 10.0. The van der Waals surface area contributed by atoms with E-state index in [2.05, 4.69) is 26.3 Å². The summed E-state index contributed by atoms with van der Waals surface area (Å²) in [6, 6.07) is 4.04. The molecule has 0 bridgehead atoms. The van der Waals surface area contributed by atoms with Gasteiger partial charge in [-0.25, -0.2) is 13.8 Å². The smallest absolute Gasteiger partial charge is 0.304 e. The number of aryl methyl sites for hydroxylation is 2. The van der Waals surface area contributed by atoms with E-state index in [-0.39, 0.29) is 12.8 Å². The molecule has 2 aromatic heterocycles. The van der Waals surface area contributed by atoms with Crippen LogP contribution in [0.5, 0.6) is 0 Å². The van der Waals surface area contributed by atoms with Gasteiger partial charge >= 0.3 is 5.97 Å². The molecule has 1 aliphatic heterocycles. The van der Waals surface area contributed by atoms with E-state index in [0.29, 0.717) is 25.0 Å². The van der Waals surface area contributed by atoms with Crippen LogP contribution >= 0.6 is 0 Å². The fraction of sp³-hybridized carbons (Fsp3) is 0.524. The first-order valence-corrected chi connectivity index (χ1v) is 10.0. The van der Waals surface area contributed by atoms with Crippen LogP contribution in [0.1, 0.15) is 61.4 Å². The molecule has 0 saturated heterocycles. The molecule has 0 aromatic carbocycles. The Morgan fingerprint density at radius 2 is 2.14 bits per heavy atom. The van der Waals surface area contributed by atoms with Crippen LogP contribution in [0, 0.1) is 0 Å². The van der Waals surface area contributed by atoms with Crippen molar-refractivity contribution >= 4 is 11.8 Å². The van der Waals surface area contributed by atoms with Crippen molar-refractivity contribution in [3.63, 3.8) is 0 Å². The largest absolute Gasteiger partial charge is 0.481 e. The van der Waals surface area contributed by atoms with Crippen molar-refractivity contribution in [2.24, 2.45) is 0 Å². The Morgan fingerprint density at radius 1 is 1.28 bits per heavy atom. The molecule has 0 aliphatic carbocycles. The molecule has 1 unspecified atom stereocenters. The molecule has 3 rings (SSSR count). The summed E-state index contributed by atoms with van der Waals surface area (Å²) in [4.78, 5) is 23.6. The molecule has 0 amide bonds. The van der Waals surface area contributed by atoms with Gasteiger partial charge in [0.15, 0.2) is 0 Å². The highest BCUT2D eigenvalue weighted by atomic mass is 19.3. The van der Waals surface area contributed by atoms with E-state index in [1.54, 1.807) is 0 Å². The molecule has 1 atom stereocenters. The number of aliphatic carboxylic acids is 1. The van der Waals surface area contributed by atoms with E-state index in [0.717, 1.165) is 30.9 Å². The summed E-state index contributed by atoms with van der Waals surface area (Å²) < 4.78 is 29.0. The number of carboxylic acids is 1. The van der Waals surface area contributed by atoms with Crippen molar-refractivity contribution in [3.05, 3.63) is 47.7 Å². The first-order chi connectivity index (χ1) is 13.9. The molecule has 3 heterocycles. The van der Waals surface area contributed by atoms with Crippen LogP contribution in [0.25, 0.3) is 0 Å². The third-order valence-corrected chi connectivity index (χ3v) is 5.14. The van der Waals surface area contributed by atoms with Gasteiger partial charge in [-0.3, -0.25) is 14.8 Å². The fourth-order valence-corrected chi connectivity index (χ4v) is 3.67. The average Bonchev–Trinajstić information content (AvgIpc) is 2.71. The number of alkyl halides is 2. The lowest BCUT2D eigenvalue weighted by Crippen LogP contribution is -2.22. The Hall–Kier alpha value is -2.64. The van der Waals surface area contributed by atoms with Gasteiger partial charge in [-0.15, -0.1) is 0 Å². The third-order valence-electron chi connectivity index (χ3n) is 5.14. The zero-order valence-corrected chi connectivity index (χ0v) is 16.3. The van der Waals surface area contributed by atoms with E-state index < -0.39 is 24.2 Å². The quantitative estimate of drug-likeness (QED) is 0.576. The molecule has 0 fully saturated rings. The second-order valence-corrected chi connectivity index (χ2v) is 7.53. The molecule has 8 heteroatoms. The summed E-state index contributed by atoms with van der Waals surface area (Å²) in [5.41, 5.74) is 2.41. The van der Waals surface area contributed by atoms with Gasteiger partial charge in [-0.2, -0.15) is 0 Å². The highest BCUT2D eigenvalue weighted by Gasteiger charge is 2.34. The summed E-state index contributed by atoms with van der Waals surface area (Å²) in [7, 11) is 0. The number of hydrogen-bond donors (Lipinski definition) is 2. The van der Waals surface area contributed by atoms with Gasteiger partial charge in [0.2, 0.25) is 5.92 Å². The van der Waals surface area contributed by atoms with Crippen molar-refractivity contribution in [2.75, 3.05) is 11.9 Å². The van der Waals surface area contributed by atoms with Crippen LogP contribution < -0.4 is 5.32 Å². The molecule has 2 aromatic rings. The van der Waals surface area contributed by atoms with Crippen LogP contribution in [0.3, 0.4) is 0 Å². The third kappa shape index (κ3) is 6.44. The number of carboxylic acid groups (broad SMARTS) is 1. The maximum absolute atomic E-state index is 14.5. The van der Waals surface area contributed by atoms with Crippen molar-refractivity contribution in [1.29, 1.82) is 0 Å². The average molecular weight is 404 g/mol. The van der Waals surface area contributed by atoms with Crippen molar-refractivity contribution in [2.45, 2.75) is 63.2 Å². The fourth-order valence-electron chi connectivity index (χ4n) is 3.67. The minimum absolute atomic E-state index is 0.285. The molecular formula is C21H26F2N4O2. The molecule has 1 aliphatic rings. The second-order valence-electron chi connectivity index (χ2n) is 7.53. The number of carbonyl (C=O) groups is 1. The van der Waals surface area contributed by atoms with Gasteiger partial charge in [0.25, 0.3) is 0 Å². The molecule has 0 saturated carbocycles. The number of pyridine rings is 1. The predicted molar refractivity (Wildman–Crippen MR) is 105 cm³/mol. The predicted octanol–water partition coefficient (Wildman–Crippen LogP) is 4.23. The molecule has 29 heavy (non-hydrogen) atoms. The SMILES string of the molecule is O=C(O)CC(CC(F)(F)CCCCc1ccc2c(n1)NCCC2)c1cnccn1. The summed E-state index contributed by atoms with van der Waals surface area (Å²) in [5.74, 6) is -4.02. The number of anilines is 1. The lowest BCUT2D eigenvalue weighted by molar-refractivity contribution is -0.138. The first kappa shape index (κ1) is 21.1. The topological polar surface area (TPSA) is 88.0 Å². The van der Waals surface area contributed by atoms with E-state index in [1.807, 2.05) is 6.07 Å². The lowest BCUT2D eigenvalue weighted by Gasteiger charge is -2.22. The van der Waals surface area contributed by atoms with E-state index in [9.17, 15) is 13.6 Å². The van der Waals surface area contributed by atoms with E-state index in [4.69, 9.17) is 5.11 Å². The van der Waals surface area contributed by atoms with E-state index >= 15 is 0 Å². The maximum Gasteiger partial charge on any atom is 0.304 e. The van der Waals surface area contributed by atoms with Crippen LogP contribution in [0.2, 0.25) is 0 Å². The Labute approximate surface area is 168 Å². The van der Waals surface area contributed by atoms with Gasteiger partial charge in [-0.05, 0) is 43.7 Å². The van der Waals surface area contributed by atoms with Crippen LogP contribution in [-0.4, -0.2) is 38.5 Å². The number of hydrogen-bond acceptors (Lipinski definition) is 5. The summed E-state index contributed by atoms with van der Waals surface area (Å²) in [6.07, 6.45) is 6.69. The number of halogens is 2. The van der Waals surface area contributed by atoms with Crippen molar-refractivity contribution < 1.29 is 18.7 Å². The number of aromatic nitrogens is 3. The highest BCUT2D eigenvalue weighted by Crippen LogP contribution is 2.35. The summed E-state index contributed by atoms with van der Waals surface area (Å²) in [6.45, 7) is 0.916. The number of rotatable bonds is 10. The molecular weight excluding hydrogens is 378 g/mol. The van der Waals surface area contributed by atoms with Gasteiger partial charge in [-0.1, -0.05) is 6.07 Å². The van der Waals surface area contributed by atoms with Crippen molar-refractivity contribution in [3.8, 4) is 0 Å². The normalized spacial score (nSPS) is 14.7. The van der Waals surface area contributed by atoms with Gasteiger partial charge in [0.05, 0.1) is 12.1 Å². The summed E-state index contributed by atoms with van der Waals surface area (Å²) >= 11 is 0. The Balaban J connectivity index is 1.50. The number of fused-ring (bicyclic) bond motifs is 1. The van der Waals surface area contributed by atoms with E-state index in [1.165, 1.54) is 24.2 Å². The maximum atomic E-state index is 14.5. The molecule has 2 N–H and O–H groups in total. The molecule has 0 spiro atoms. The minimum atomic E-state index is -2.96. The summed E-state index contributed by atoms with van der Waals surface area (Å²) in [5, 5.41) is 12.3. The van der Waals surface area contributed by atoms with Crippen LogP contribution in [-0.2, 0) is 17.6 Å². The lowest BCUT2D eigenvalue weighted by atomic mass is 9.91. The molecule has 6 nitrogen and oxygen atoms in total. The number of nitrogens with zero attached hydrogens (tertiary/aromatic N) is 3. The standard InChI is InChI=1S/C21H26F2N4O2/c22-21(23,13-16(12-19(28)29)18-14-24-10-11-25-18)8-2-1-5-17-7-6-15-4-3-9-26-20(15)27-17/h6-7,10-11,14,16H,1-5,8-9,12-13H2,(H,26,27)(H,28,29). The number of nitrogens with one attached hydrogen (secondary N) is 1. The Kier molecular flexibility index (Phi) is 7.06. The Bertz CT molecular complexity index is 818. The molecule has 156 valence electrons. The Morgan fingerprint density at radius 3 is 2.90 bits per heavy atom. The number of unbranched alkanes of at least 4 members (excludes halogenated alkanes) is 1. The van der Waals surface area contributed by atoms with Crippen molar-refractivity contribution in [1.82, 2.24) is 15.0 Å². The van der Waals surface area contributed by atoms with Gasteiger partial charge in [0, 0.05) is 49.6 Å². The van der Waals surface area contributed by atoms with Gasteiger partial charge < -0.3 is 10.4 Å².